The van der Waals surface area contributed by atoms with E-state index >= 15 is 0 Å². The summed E-state index contributed by atoms with van der Waals surface area (Å²) in [7, 11) is 0. The Kier molecular flexibility index (Phi) is 5.61. The van der Waals surface area contributed by atoms with Crippen LogP contribution in [0.4, 0.5) is 19.0 Å². The molecule has 0 spiro atoms. The van der Waals surface area contributed by atoms with Crippen LogP contribution in [0.3, 0.4) is 0 Å². The smallest absolute Gasteiger partial charge is 0.406 e. The normalized spacial score (nSPS) is 17.3. The molecular weight excluding hydrogens is 397 g/mol. The minimum atomic E-state index is -4.77. The van der Waals surface area contributed by atoms with Crippen molar-refractivity contribution in [1.29, 1.82) is 0 Å². The number of rotatable bonds is 3. The van der Waals surface area contributed by atoms with Crippen molar-refractivity contribution in [3.05, 3.63) is 30.6 Å². The van der Waals surface area contributed by atoms with Gasteiger partial charge in [-0.05, 0) is 31.5 Å². The van der Waals surface area contributed by atoms with Crippen LogP contribution in [-0.2, 0) is 0 Å². The Balaban J connectivity index is 0.00000225. The molecule has 1 saturated heterocycles. The van der Waals surface area contributed by atoms with Gasteiger partial charge in [-0.2, -0.15) is 5.10 Å². The van der Waals surface area contributed by atoms with E-state index in [1.165, 1.54) is 24.5 Å². The molecule has 1 aliphatic rings. The van der Waals surface area contributed by atoms with Crippen molar-refractivity contribution in [1.82, 2.24) is 25.1 Å². The third kappa shape index (κ3) is 3.97. The quantitative estimate of drug-likeness (QED) is 0.683. The van der Waals surface area contributed by atoms with Crippen molar-refractivity contribution < 1.29 is 17.9 Å². The lowest BCUT2D eigenvalue weighted by molar-refractivity contribution is -0.274. The zero-order chi connectivity index (χ0) is 19.0. The van der Waals surface area contributed by atoms with Gasteiger partial charge in [0.2, 0.25) is 0 Å². The number of nitrogens with one attached hydrogen (secondary N) is 1. The number of hydrogen-bond donors (Lipinski definition) is 2. The molecule has 4 rings (SSSR count). The predicted octanol–water partition coefficient (Wildman–Crippen LogP) is 3.32. The first-order chi connectivity index (χ1) is 12.9. The van der Waals surface area contributed by atoms with Gasteiger partial charge >= 0.3 is 6.36 Å². The van der Waals surface area contributed by atoms with E-state index in [1.54, 1.807) is 10.7 Å². The van der Waals surface area contributed by atoms with Gasteiger partial charge in [-0.25, -0.2) is 14.6 Å². The number of anilines is 1. The highest BCUT2D eigenvalue weighted by Gasteiger charge is 2.31. The average Bonchev–Trinajstić information content (AvgIpc) is 3.02. The highest BCUT2D eigenvalue weighted by atomic mass is 35.5. The Morgan fingerprint density at radius 3 is 2.79 bits per heavy atom. The molecule has 2 aromatic heterocycles. The molecule has 0 saturated carbocycles. The molecule has 7 nitrogen and oxygen atoms in total. The van der Waals surface area contributed by atoms with Crippen molar-refractivity contribution in [2.45, 2.75) is 25.2 Å². The van der Waals surface area contributed by atoms with Crippen molar-refractivity contribution in [3.8, 4) is 17.0 Å². The number of alkyl halides is 3. The van der Waals surface area contributed by atoms with Crippen LogP contribution in [0.25, 0.3) is 22.3 Å². The lowest BCUT2D eigenvalue weighted by Crippen LogP contribution is -2.32. The van der Waals surface area contributed by atoms with Gasteiger partial charge in [-0.1, -0.05) is 12.1 Å². The lowest BCUT2D eigenvalue weighted by Gasteiger charge is -2.23. The second kappa shape index (κ2) is 7.80. The number of fused-ring (bicyclic) bond motifs is 1. The van der Waals surface area contributed by atoms with E-state index in [2.05, 4.69) is 25.1 Å². The van der Waals surface area contributed by atoms with E-state index in [1.807, 2.05) is 0 Å². The standard InChI is InChI=1S/C17H17F3N6O.ClH/c18-17(19,20)27-12-5-1-3-10(7-12)14-13-15(21)23-9-24-16(13)26(25-14)11-4-2-6-22-8-11;/h1,3,5,7,9,11,22H,2,4,6,8H2,(H2,21,23,24);1H/t11-;/m1./s1. The van der Waals surface area contributed by atoms with Crippen molar-refractivity contribution in [2.75, 3.05) is 18.8 Å². The maximum absolute atomic E-state index is 12.6. The van der Waals surface area contributed by atoms with Crippen LogP contribution in [0.15, 0.2) is 30.6 Å². The Labute approximate surface area is 164 Å². The molecule has 3 N–H and O–H groups in total. The first kappa shape index (κ1) is 20.2. The van der Waals surface area contributed by atoms with Gasteiger partial charge in [0.1, 0.15) is 23.6 Å². The monoisotopic (exact) mass is 414 g/mol. The molecule has 1 fully saturated rings. The first-order valence-electron chi connectivity index (χ1n) is 8.48. The van der Waals surface area contributed by atoms with E-state index in [0.717, 1.165) is 25.9 Å². The maximum Gasteiger partial charge on any atom is 0.573 e. The summed E-state index contributed by atoms with van der Waals surface area (Å²) in [4.78, 5) is 8.34. The predicted molar refractivity (Wildman–Crippen MR) is 100 cm³/mol. The van der Waals surface area contributed by atoms with Crippen LogP contribution in [0.5, 0.6) is 5.75 Å². The third-order valence-corrected chi connectivity index (χ3v) is 4.48. The summed E-state index contributed by atoms with van der Waals surface area (Å²) in [6.07, 6.45) is -1.49. The van der Waals surface area contributed by atoms with Gasteiger partial charge in [0.25, 0.3) is 0 Å². The molecule has 1 atom stereocenters. The fraction of sp³-hybridized carbons (Fsp3) is 0.353. The zero-order valence-corrected chi connectivity index (χ0v) is 15.4. The summed E-state index contributed by atoms with van der Waals surface area (Å²) >= 11 is 0. The number of nitrogens with two attached hydrogens (primary N) is 1. The lowest BCUT2D eigenvalue weighted by atomic mass is 10.1. The molecule has 1 aliphatic heterocycles. The first-order valence-corrected chi connectivity index (χ1v) is 8.48. The number of aromatic nitrogens is 4. The maximum atomic E-state index is 12.6. The summed E-state index contributed by atoms with van der Waals surface area (Å²) in [6.45, 7) is 1.67. The van der Waals surface area contributed by atoms with Crippen LogP contribution in [0.2, 0.25) is 0 Å². The highest BCUT2D eigenvalue weighted by molar-refractivity contribution is 5.98. The Hall–Kier alpha value is -2.59. The summed E-state index contributed by atoms with van der Waals surface area (Å²) < 4.78 is 43.5. The van der Waals surface area contributed by atoms with Gasteiger partial charge in [0, 0.05) is 12.1 Å². The Morgan fingerprint density at radius 1 is 1.25 bits per heavy atom. The molecule has 28 heavy (non-hydrogen) atoms. The SMILES string of the molecule is Cl.Nc1ncnc2c1c(-c1cccc(OC(F)(F)F)c1)nn2[C@@H]1CCCNC1. The zero-order valence-electron chi connectivity index (χ0n) is 14.6. The van der Waals surface area contributed by atoms with Gasteiger partial charge in [-0.15, -0.1) is 25.6 Å². The number of ether oxygens (including phenoxy) is 1. The van der Waals surface area contributed by atoms with E-state index in [9.17, 15) is 13.2 Å². The van der Waals surface area contributed by atoms with Gasteiger partial charge in [0.05, 0.1) is 11.4 Å². The van der Waals surface area contributed by atoms with Crippen molar-refractivity contribution in [2.24, 2.45) is 0 Å². The van der Waals surface area contributed by atoms with Gasteiger partial charge in [-0.3, -0.25) is 0 Å². The molecule has 11 heteroatoms. The molecule has 0 bridgehead atoms. The summed E-state index contributed by atoms with van der Waals surface area (Å²) in [5, 5.41) is 8.48. The summed E-state index contributed by atoms with van der Waals surface area (Å²) in [5.74, 6) is -0.0929. The van der Waals surface area contributed by atoms with Crippen LogP contribution >= 0.6 is 12.4 Å². The average molecular weight is 415 g/mol. The number of nitrogens with zero attached hydrogens (tertiary/aromatic N) is 4. The molecule has 150 valence electrons. The molecule has 0 amide bonds. The van der Waals surface area contributed by atoms with Crippen LogP contribution in [-0.4, -0.2) is 39.2 Å². The number of piperidine rings is 1. The molecule has 3 heterocycles. The van der Waals surface area contributed by atoms with E-state index < -0.39 is 6.36 Å². The van der Waals surface area contributed by atoms with Gasteiger partial charge in [0.15, 0.2) is 5.65 Å². The topological polar surface area (TPSA) is 90.9 Å². The van der Waals surface area contributed by atoms with E-state index in [0.29, 0.717) is 22.3 Å². The number of benzene rings is 1. The van der Waals surface area contributed by atoms with Crippen molar-refractivity contribution in [3.63, 3.8) is 0 Å². The van der Waals surface area contributed by atoms with E-state index in [4.69, 9.17) is 5.73 Å². The molecule has 1 aromatic carbocycles. The van der Waals surface area contributed by atoms with Crippen LogP contribution < -0.4 is 15.8 Å². The molecule has 3 aromatic rings. The molecular formula is C17H18ClF3N6O. The largest absolute Gasteiger partial charge is 0.573 e. The summed E-state index contributed by atoms with van der Waals surface area (Å²) in [6, 6.07) is 5.73. The minimum Gasteiger partial charge on any atom is -0.406 e. The minimum absolute atomic E-state index is 0. The molecule has 0 unspecified atom stereocenters. The highest BCUT2D eigenvalue weighted by Crippen LogP contribution is 2.35. The van der Waals surface area contributed by atoms with Crippen molar-refractivity contribution >= 4 is 29.3 Å². The number of hydrogen-bond acceptors (Lipinski definition) is 6. The Bertz CT molecular complexity index is 971. The fourth-order valence-corrected chi connectivity index (χ4v) is 3.33. The number of nitrogen functional groups attached to an aromatic ring is 1. The number of halogens is 4. The second-order valence-electron chi connectivity index (χ2n) is 6.33. The fourth-order valence-electron chi connectivity index (χ4n) is 3.33. The van der Waals surface area contributed by atoms with Crippen LogP contribution in [0.1, 0.15) is 18.9 Å². The van der Waals surface area contributed by atoms with Crippen LogP contribution in [0, 0.1) is 0 Å². The molecule has 0 radical (unpaired) electrons. The van der Waals surface area contributed by atoms with Gasteiger partial charge < -0.3 is 15.8 Å². The summed E-state index contributed by atoms with van der Waals surface area (Å²) in [5.41, 5.74) is 7.49. The van der Waals surface area contributed by atoms with E-state index in [-0.39, 0.29) is 30.0 Å². The third-order valence-electron chi connectivity index (χ3n) is 4.48. The second-order valence-corrected chi connectivity index (χ2v) is 6.33. The Morgan fingerprint density at radius 2 is 2.07 bits per heavy atom. The molecule has 0 aliphatic carbocycles.